The summed E-state index contributed by atoms with van der Waals surface area (Å²) in [5.41, 5.74) is 2.34. The highest BCUT2D eigenvalue weighted by molar-refractivity contribution is 7.14. The number of amides is 1. The Hall–Kier alpha value is -1.61. The second kappa shape index (κ2) is 6.02. The molecule has 100 valence electrons. The lowest BCUT2D eigenvalue weighted by molar-refractivity contribution is 0.0944. The van der Waals surface area contributed by atoms with Crippen LogP contribution in [0.15, 0.2) is 36.4 Å². The summed E-state index contributed by atoms with van der Waals surface area (Å²) in [4.78, 5) is 14.3. The second-order valence-corrected chi connectivity index (χ2v) is 5.81. The Labute approximate surface area is 118 Å². The van der Waals surface area contributed by atoms with Gasteiger partial charge in [-0.2, -0.15) is 0 Å². The first-order valence-electron chi connectivity index (χ1n) is 6.57. The van der Waals surface area contributed by atoms with E-state index in [2.05, 4.69) is 19.2 Å². The summed E-state index contributed by atoms with van der Waals surface area (Å²) in [6.07, 6.45) is 0.984. The first kappa shape index (κ1) is 13.8. The number of aryl methyl sites for hydroxylation is 2. The van der Waals surface area contributed by atoms with E-state index in [1.807, 2.05) is 43.3 Å². The van der Waals surface area contributed by atoms with Crippen molar-refractivity contribution >= 4 is 17.2 Å². The fourth-order valence-corrected chi connectivity index (χ4v) is 3.09. The maximum Gasteiger partial charge on any atom is 0.261 e. The summed E-state index contributed by atoms with van der Waals surface area (Å²) in [5.74, 6) is 0.0177. The Balaban J connectivity index is 2.08. The lowest BCUT2D eigenvalue weighted by Crippen LogP contribution is -2.25. The van der Waals surface area contributed by atoms with Crippen LogP contribution in [0.5, 0.6) is 0 Å². The van der Waals surface area contributed by atoms with Gasteiger partial charge >= 0.3 is 0 Å². The van der Waals surface area contributed by atoms with Crippen LogP contribution in [-0.2, 0) is 6.42 Å². The molecule has 2 rings (SSSR count). The van der Waals surface area contributed by atoms with Crippen molar-refractivity contribution in [1.82, 2.24) is 5.32 Å². The molecule has 1 atom stereocenters. The Bertz CT molecular complexity index is 559. The number of thiophene rings is 1. The van der Waals surface area contributed by atoms with Crippen LogP contribution in [0, 0.1) is 6.92 Å². The van der Waals surface area contributed by atoms with Crippen LogP contribution >= 0.6 is 11.3 Å². The molecule has 2 aromatic rings. The molecule has 3 heteroatoms. The van der Waals surface area contributed by atoms with Crippen molar-refractivity contribution < 1.29 is 4.79 Å². The van der Waals surface area contributed by atoms with Crippen LogP contribution in [0.2, 0.25) is 0 Å². The first-order chi connectivity index (χ1) is 9.11. The average molecular weight is 273 g/mol. The molecule has 2 nitrogen and oxygen atoms in total. The molecule has 0 fully saturated rings. The largest absolute Gasteiger partial charge is 0.345 e. The van der Waals surface area contributed by atoms with E-state index in [0.29, 0.717) is 0 Å². The Morgan fingerprint density at radius 2 is 2.00 bits per heavy atom. The van der Waals surface area contributed by atoms with Crippen molar-refractivity contribution in [3.05, 3.63) is 57.3 Å². The molecular formula is C16H19NOS. The SMILES string of the molecule is CCc1sc(C(=O)N[C@H](C)c2ccccc2)cc1C. The lowest BCUT2D eigenvalue weighted by atomic mass is 10.1. The van der Waals surface area contributed by atoms with Crippen molar-refractivity contribution in [1.29, 1.82) is 0 Å². The van der Waals surface area contributed by atoms with Gasteiger partial charge in [0.15, 0.2) is 0 Å². The van der Waals surface area contributed by atoms with E-state index in [-0.39, 0.29) is 11.9 Å². The summed E-state index contributed by atoms with van der Waals surface area (Å²) in [5, 5.41) is 3.05. The third-order valence-electron chi connectivity index (χ3n) is 3.21. The lowest BCUT2D eigenvalue weighted by Gasteiger charge is -2.13. The van der Waals surface area contributed by atoms with Gasteiger partial charge in [0.2, 0.25) is 0 Å². The van der Waals surface area contributed by atoms with Gasteiger partial charge in [0, 0.05) is 4.88 Å². The Kier molecular flexibility index (Phi) is 4.38. The van der Waals surface area contributed by atoms with Crippen LogP contribution in [0.3, 0.4) is 0 Å². The van der Waals surface area contributed by atoms with Crippen molar-refractivity contribution in [2.24, 2.45) is 0 Å². The quantitative estimate of drug-likeness (QED) is 0.892. The monoisotopic (exact) mass is 273 g/mol. The molecule has 1 heterocycles. The van der Waals surface area contributed by atoms with Gasteiger partial charge in [-0.3, -0.25) is 4.79 Å². The molecule has 0 aliphatic heterocycles. The number of hydrogen-bond donors (Lipinski definition) is 1. The van der Waals surface area contributed by atoms with Gasteiger partial charge in [0.05, 0.1) is 10.9 Å². The highest BCUT2D eigenvalue weighted by Gasteiger charge is 2.14. The second-order valence-electron chi connectivity index (χ2n) is 4.68. The van der Waals surface area contributed by atoms with Crippen molar-refractivity contribution in [3.8, 4) is 0 Å². The van der Waals surface area contributed by atoms with Crippen LogP contribution in [0.25, 0.3) is 0 Å². The summed E-state index contributed by atoms with van der Waals surface area (Å²) < 4.78 is 0. The van der Waals surface area contributed by atoms with Crippen LogP contribution in [-0.4, -0.2) is 5.91 Å². The summed E-state index contributed by atoms with van der Waals surface area (Å²) in [6.45, 7) is 6.19. The average Bonchev–Trinajstić information content (AvgIpc) is 2.81. The fraction of sp³-hybridized carbons (Fsp3) is 0.312. The van der Waals surface area contributed by atoms with Crippen LogP contribution < -0.4 is 5.32 Å². The molecule has 0 radical (unpaired) electrons. The number of rotatable bonds is 4. The number of nitrogens with one attached hydrogen (secondary N) is 1. The fourth-order valence-electron chi connectivity index (χ4n) is 2.08. The van der Waals surface area contributed by atoms with E-state index >= 15 is 0 Å². The minimum absolute atomic E-state index is 0.0177. The van der Waals surface area contributed by atoms with Gasteiger partial charge in [0.25, 0.3) is 5.91 Å². The number of carbonyl (C=O) groups is 1. The highest BCUT2D eigenvalue weighted by atomic mass is 32.1. The predicted octanol–water partition coefficient (Wildman–Crippen LogP) is 4.11. The van der Waals surface area contributed by atoms with Crippen molar-refractivity contribution in [2.75, 3.05) is 0 Å². The summed E-state index contributed by atoms with van der Waals surface area (Å²) >= 11 is 1.59. The minimum Gasteiger partial charge on any atom is -0.345 e. The molecule has 0 saturated carbocycles. The van der Waals surface area contributed by atoms with Gasteiger partial charge < -0.3 is 5.32 Å². The zero-order valence-electron chi connectivity index (χ0n) is 11.6. The van der Waals surface area contributed by atoms with Gasteiger partial charge in [-0.05, 0) is 37.5 Å². The molecule has 0 saturated heterocycles. The maximum absolute atomic E-state index is 12.2. The topological polar surface area (TPSA) is 29.1 Å². The Morgan fingerprint density at radius 3 is 2.58 bits per heavy atom. The molecule has 1 aromatic carbocycles. The van der Waals surface area contributed by atoms with Crippen molar-refractivity contribution in [2.45, 2.75) is 33.2 Å². The molecule has 0 spiro atoms. The summed E-state index contributed by atoms with van der Waals surface area (Å²) in [6, 6.07) is 12.0. The Morgan fingerprint density at radius 1 is 1.32 bits per heavy atom. The molecule has 19 heavy (non-hydrogen) atoms. The number of benzene rings is 1. The maximum atomic E-state index is 12.2. The van der Waals surface area contributed by atoms with E-state index < -0.39 is 0 Å². The molecule has 1 aromatic heterocycles. The van der Waals surface area contributed by atoms with Crippen LogP contribution in [0.1, 0.15) is 45.6 Å². The molecule has 1 N–H and O–H groups in total. The standard InChI is InChI=1S/C16H19NOS/c1-4-14-11(2)10-15(19-14)16(18)17-12(3)13-8-6-5-7-9-13/h5-10,12H,4H2,1-3H3,(H,17,18)/t12-/m1/s1. The van der Waals surface area contributed by atoms with E-state index in [0.717, 1.165) is 16.9 Å². The zero-order chi connectivity index (χ0) is 13.8. The van der Waals surface area contributed by atoms with Gasteiger partial charge in [0.1, 0.15) is 0 Å². The van der Waals surface area contributed by atoms with Crippen LogP contribution in [0.4, 0.5) is 0 Å². The van der Waals surface area contributed by atoms with E-state index in [1.54, 1.807) is 11.3 Å². The number of hydrogen-bond acceptors (Lipinski definition) is 2. The summed E-state index contributed by atoms with van der Waals surface area (Å²) in [7, 11) is 0. The molecule has 0 unspecified atom stereocenters. The molecule has 1 amide bonds. The molecular weight excluding hydrogens is 254 g/mol. The normalized spacial score (nSPS) is 12.2. The zero-order valence-corrected chi connectivity index (χ0v) is 12.4. The first-order valence-corrected chi connectivity index (χ1v) is 7.38. The van der Waals surface area contributed by atoms with Gasteiger partial charge in [-0.25, -0.2) is 0 Å². The third-order valence-corrected chi connectivity index (χ3v) is 4.59. The molecule has 0 aliphatic carbocycles. The molecule has 0 aliphatic rings. The minimum atomic E-state index is 0.0177. The smallest absolute Gasteiger partial charge is 0.261 e. The van der Waals surface area contributed by atoms with Gasteiger partial charge in [-0.1, -0.05) is 37.3 Å². The van der Waals surface area contributed by atoms with E-state index in [1.165, 1.54) is 10.4 Å². The van der Waals surface area contributed by atoms with E-state index in [9.17, 15) is 4.79 Å². The number of carbonyl (C=O) groups excluding carboxylic acids is 1. The predicted molar refractivity (Wildman–Crippen MR) is 80.8 cm³/mol. The van der Waals surface area contributed by atoms with Gasteiger partial charge in [-0.15, -0.1) is 11.3 Å². The van der Waals surface area contributed by atoms with E-state index in [4.69, 9.17) is 0 Å². The third kappa shape index (κ3) is 3.24. The highest BCUT2D eigenvalue weighted by Crippen LogP contribution is 2.23. The van der Waals surface area contributed by atoms with Crippen molar-refractivity contribution in [3.63, 3.8) is 0 Å². The molecule has 0 bridgehead atoms.